The highest BCUT2D eigenvalue weighted by Crippen LogP contribution is 2.43. The van der Waals surface area contributed by atoms with Gasteiger partial charge in [-0.1, -0.05) is 206 Å². The van der Waals surface area contributed by atoms with Crippen molar-refractivity contribution in [3.05, 3.63) is 237 Å². The lowest BCUT2D eigenvalue weighted by molar-refractivity contribution is 1.30. The fourth-order valence-corrected chi connectivity index (χ4v) is 14.7. The molecule has 0 aliphatic carbocycles. The molecule has 0 spiro atoms. The molecule has 0 aromatic heterocycles. The molecule has 0 amide bonds. The summed E-state index contributed by atoms with van der Waals surface area (Å²) in [6.45, 7) is 0. The minimum Gasteiger partial charge on any atom is -0.310 e. The van der Waals surface area contributed by atoms with Crippen LogP contribution >= 0.6 is 0 Å². The summed E-state index contributed by atoms with van der Waals surface area (Å²) in [5.74, 6) is 0. The maximum atomic E-state index is 2.51. The molecule has 1 aliphatic heterocycles. The molecule has 2 heteroatoms. The molecule has 0 unspecified atom stereocenters. The molecule has 10 aromatic carbocycles. The quantitative estimate of drug-likeness (QED) is 0.116. The van der Waals surface area contributed by atoms with E-state index in [2.05, 4.69) is 241 Å². The molecule has 0 atom stereocenters. The van der Waals surface area contributed by atoms with E-state index in [-0.39, 0.29) is 0 Å². The number of hydrogen-bond acceptors (Lipinski definition) is 1. The number of rotatable bonds is 7. The largest absolute Gasteiger partial charge is 0.310 e. The van der Waals surface area contributed by atoms with Crippen LogP contribution in [-0.2, 0) is 0 Å². The molecule has 1 nitrogen and oxygen atoms in total. The molecule has 272 valence electrons. The monoisotopic (exact) mass is 753 g/mol. The average molecular weight is 754 g/mol. The molecular formula is C56H39NSi. The number of nitrogens with zero attached hydrogens (tertiary/aromatic N) is 1. The van der Waals surface area contributed by atoms with Crippen molar-refractivity contribution in [1.82, 2.24) is 0 Å². The van der Waals surface area contributed by atoms with Gasteiger partial charge in [0.1, 0.15) is 0 Å². The molecule has 58 heavy (non-hydrogen) atoms. The smallest absolute Gasteiger partial charge is 0.180 e. The van der Waals surface area contributed by atoms with Gasteiger partial charge in [-0.15, -0.1) is 0 Å². The van der Waals surface area contributed by atoms with Crippen molar-refractivity contribution in [2.75, 3.05) is 4.90 Å². The van der Waals surface area contributed by atoms with Gasteiger partial charge in [-0.3, -0.25) is 0 Å². The minimum atomic E-state index is -2.59. The van der Waals surface area contributed by atoms with E-state index >= 15 is 0 Å². The molecule has 10 aromatic rings. The Morgan fingerprint density at radius 1 is 0.293 bits per heavy atom. The van der Waals surface area contributed by atoms with Crippen LogP contribution in [0.25, 0.3) is 54.9 Å². The fraction of sp³-hybridized carbons (Fsp3) is 0. The van der Waals surface area contributed by atoms with E-state index in [1.165, 1.54) is 75.7 Å². The van der Waals surface area contributed by atoms with E-state index in [1.807, 2.05) is 0 Å². The highest BCUT2D eigenvalue weighted by atomic mass is 28.3. The summed E-state index contributed by atoms with van der Waals surface area (Å²) in [6, 6.07) is 87.5. The van der Waals surface area contributed by atoms with Gasteiger partial charge in [0, 0.05) is 16.8 Å². The predicted octanol–water partition coefficient (Wildman–Crippen LogP) is 12.2. The zero-order valence-corrected chi connectivity index (χ0v) is 33.0. The van der Waals surface area contributed by atoms with Crippen molar-refractivity contribution < 1.29 is 0 Å². The summed E-state index contributed by atoms with van der Waals surface area (Å²) in [7, 11) is -2.59. The van der Waals surface area contributed by atoms with E-state index in [0.29, 0.717) is 0 Å². The fourth-order valence-electron chi connectivity index (χ4n) is 9.51. The standard InChI is InChI=1S/C56H39NSi/c1-4-16-40(17-5-1)41-28-33-45(34-29-41)57(54-38-44-18-10-11-23-49(44)50-24-12-13-25-51(50)54)46-35-30-42(31-36-46)43-32-37-53-52-26-14-15-27-55(52)58(56(53)39-43,47-19-6-2-7-20-47)48-21-8-3-9-22-48/h1-39H. The van der Waals surface area contributed by atoms with Crippen LogP contribution in [0.5, 0.6) is 0 Å². The number of hydrogen-bond donors (Lipinski definition) is 0. The molecule has 0 saturated carbocycles. The van der Waals surface area contributed by atoms with Gasteiger partial charge in [0.15, 0.2) is 8.07 Å². The minimum absolute atomic E-state index is 1.11. The lowest BCUT2D eigenvalue weighted by Gasteiger charge is -2.31. The van der Waals surface area contributed by atoms with Gasteiger partial charge >= 0.3 is 0 Å². The Balaban J connectivity index is 1.07. The second-order valence-corrected chi connectivity index (χ2v) is 19.0. The zero-order chi connectivity index (χ0) is 38.5. The Morgan fingerprint density at radius 2 is 0.759 bits per heavy atom. The van der Waals surface area contributed by atoms with Crippen LogP contribution in [0.2, 0.25) is 0 Å². The van der Waals surface area contributed by atoms with Crippen molar-refractivity contribution in [3.8, 4) is 33.4 Å². The van der Waals surface area contributed by atoms with Gasteiger partial charge in [0.05, 0.1) is 5.69 Å². The van der Waals surface area contributed by atoms with Gasteiger partial charge in [-0.2, -0.15) is 0 Å². The summed E-state index contributed by atoms with van der Waals surface area (Å²) < 4.78 is 0. The molecule has 11 rings (SSSR count). The SMILES string of the molecule is c1ccc(-c2ccc(N(c3ccc(-c4ccc5c(c4)[Si](c4ccccc4)(c4ccccc4)c4ccccc4-5)cc3)c3cc4ccccc4c4ccccc34)cc2)cc1. The van der Waals surface area contributed by atoms with E-state index in [9.17, 15) is 0 Å². The van der Waals surface area contributed by atoms with Crippen LogP contribution in [0.4, 0.5) is 17.1 Å². The van der Waals surface area contributed by atoms with E-state index in [0.717, 1.165) is 17.1 Å². The second-order valence-electron chi connectivity index (χ2n) is 15.2. The third-order valence-electron chi connectivity index (χ3n) is 12.1. The molecular weight excluding hydrogens is 715 g/mol. The first-order chi connectivity index (χ1) is 28.8. The van der Waals surface area contributed by atoms with Crippen molar-refractivity contribution in [3.63, 3.8) is 0 Å². The highest BCUT2D eigenvalue weighted by molar-refractivity contribution is 7.22. The van der Waals surface area contributed by atoms with Crippen LogP contribution in [0.3, 0.4) is 0 Å². The summed E-state index contributed by atoms with van der Waals surface area (Å²) in [6.07, 6.45) is 0. The van der Waals surface area contributed by atoms with Crippen LogP contribution in [0, 0.1) is 0 Å². The van der Waals surface area contributed by atoms with Crippen LogP contribution in [-0.4, -0.2) is 8.07 Å². The van der Waals surface area contributed by atoms with Crippen molar-refractivity contribution in [2.24, 2.45) is 0 Å². The third-order valence-corrected chi connectivity index (χ3v) is 17.0. The van der Waals surface area contributed by atoms with E-state index < -0.39 is 8.07 Å². The summed E-state index contributed by atoms with van der Waals surface area (Å²) in [5.41, 5.74) is 10.9. The maximum absolute atomic E-state index is 2.59. The van der Waals surface area contributed by atoms with Gasteiger partial charge in [0.25, 0.3) is 0 Å². The van der Waals surface area contributed by atoms with Crippen molar-refractivity contribution in [1.29, 1.82) is 0 Å². The maximum Gasteiger partial charge on any atom is 0.180 e. The zero-order valence-electron chi connectivity index (χ0n) is 32.0. The first kappa shape index (κ1) is 34.0. The number of anilines is 3. The van der Waals surface area contributed by atoms with E-state index in [1.54, 1.807) is 0 Å². The Bertz CT molecular complexity index is 3040. The molecule has 0 fully saturated rings. The Morgan fingerprint density at radius 3 is 1.41 bits per heavy atom. The second kappa shape index (κ2) is 14.0. The van der Waals surface area contributed by atoms with Gasteiger partial charge < -0.3 is 4.90 Å². The highest BCUT2D eigenvalue weighted by Gasteiger charge is 2.48. The summed E-state index contributed by atoms with van der Waals surface area (Å²) in [4.78, 5) is 2.43. The topological polar surface area (TPSA) is 3.24 Å². The normalized spacial score (nSPS) is 12.6. The Hall–Kier alpha value is -7.26. The number of fused-ring (bicyclic) bond motifs is 6. The van der Waals surface area contributed by atoms with Crippen molar-refractivity contribution >= 4 is 67.4 Å². The molecule has 1 aliphatic rings. The van der Waals surface area contributed by atoms with Gasteiger partial charge in [-0.25, -0.2) is 0 Å². The third kappa shape index (κ3) is 5.45. The predicted molar refractivity (Wildman–Crippen MR) is 250 cm³/mol. The number of benzene rings is 10. The van der Waals surface area contributed by atoms with Crippen molar-refractivity contribution in [2.45, 2.75) is 0 Å². The molecule has 0 saturated heterocycles. The van der Waals surface area contributed by atoms with Crippen LogP contribution in [0.15, 0.2) is 237 Å². The Kier molecular flexibility index (Phi) is 8.23. The summed E-state index contributed by atoms with van der Waals surface area (Å²) in [5, 5.41) is 10.7. The molecule has 0 N–H and O–H groups in total. The first-order valence-corrected chi connectivity index (χ1v) is 22.1. The van der Waals surface area contributed by atoms with Crippen LogP contribution in [0.1, 0.15) is 0 Å². The molecule has 0 bridgehead atoms. The summed E-state index contributed by atoms with van der Waals surface area (Å²) >= 11 is 0. The lowest BCUT2D eigenvalue weighted by atomic mass is 9.98. The molecule has 1 heterocycles. The Labute approximate surface area is 340 Å². The van der Waals surface area contributed by atoms with Crippen LogP contribution < -0.4 is 25.6 Å². The van der Waals surface area contributed by atoms with E-state index in [4.69, 9.17) is 0 Å². The molecule has 0 radical (unpaired) electrons. The van der Waals surface area contributed by atoms with Gasteiger partial charge in [-0.05, 0) is 101 Å². The van der Waals surface area contributed by atoms with Gasteiger partial charge in [0.2, 0.25) is 0 Å². The first-order valence-electron chi connectivity index (χ1n) is 20.1. The lowest BCUT2D eigenvalue weighted by Crippen LogP contribution is -2.72. The average Bonchev–Trinajstić information content (AvgIpc) is 3.61.